The molecule has 4 fully saturated rings. The number of hydrogen-bond acceptors (Lipinski definition) is 12. The highest BCUT2D eigenvalue weighted by molar-refractivity contribution is 7.23. The van der Waals surface area contributed by atoms with Gasteiger partial charge in [-0.2, -0.15) is 25.2 Å². The second-order valence-corrected chi connectivity index (χ2v) is 16.2. The lowest BCUT2D eigenvalue weighted by atomic mass is 9.83. The number of rotatable bonds is 6. The molecule has 5 atom stereocenters. The molecular formula is C37H33ClF3N11O2S. The maximum absolute atomic E-state index is 17.3. The van der Waals surface area contributed by atoms with Crippen molar-refractivity contribution in [1.82, 2.24) is 34.8 Å². The van der Waals surface area contributed by atoms with Gasteiger partial charge in [0.1, 0.15) is 41.0 Å². The Morgan fingerprint density at radius 1 is 1.18 bits per heavy atom. The number of aromatic nitrogens is 5. The first-order chi connectivity index (χ1) is 26.6. The molecule has 0 spiro atoms. The highest BCUT2D eigenvalue weighted by atomic mass is 35.5. The van der Waals surface area contributed by atoms with Crippen molar-refractivity contribution in [3.63, 3.8) is 0 Å². The van der Waals surface area contributed by atoms with E-state index in [-0.39, 0.29) is 84.6 Å². The van der Waals surface area contributed by atoms with E-state index in [9.17, 15) is 19.7 Å². The third-order valence-electron chi connectivity index (χ3n) is 11.9. The van der Waals surface area contributed by atoms with Crippen LogP contribution in [0.1, 0.15) is 37.7 Å². The van der Waals surface area contributed by atoms with Crippen molar-refractivity contribution in [1.29, 1.82) is 10.5 Å². The van der Waals surface area contributed by atoms with E-state index in [2.05, 4.69) is 26.3 Å². The van der Waals surface area contributed by atoms with E-state index in [4.69, 9.17) is 27.1 Å². The van der Waals surface area contributed by atoms with E-state index in [1.54, 1.807) is 11.0 Å². The molecule has 55 heavy (non-hydrogen) atoms. The SMILES string of the molecule is N#CCC1C2CN(c3nc(OC[C@@]45CCCN4C[C@H](F)C5)nc4c(F)c(-c5ccc(F)c6sc(N)c(C#N)c56)c(Cl)cc34)CCC2CN1C(=O)n1ccnn1. The number of alkyl halides is 1. The summed E-state index contributed by atoms with van der Waals surface area (Å²) in [5.41, 5.74) is 5.56. The van der Waals surface area contributed by atoms with Gasteiger partial charge in [-0.25, -0.2) is 18.0 Å². The van der Waals surface area contributed by atoms with Crippen molar-refractivity contribution in [3.05, 3.63) is 52.8 Å². The number of nitrogen functional groups attached to an aromatic ring is 1. The van der Waals surface area contributed by atoms with E-state index in [0.29, 0.717) is 44.8 Å². The molecule has 0 bridgehead atoms. The van der Waals surface area contributed by atoms with Crippen LogP contribution in [-0.2, 0) is 0 Å². The molecular weight excluding hydrogens is 755 g/mol. The number of thiophene rings is 1. The van der Waals surface area contributed by atoms with Gasteiger partial charge in [-0.1, -0.05) is 22.9 Å². The Balaban J connectivity index is 1.15. The van der Waals surface area contributed by atoms with Gasteiger partial charge in [0.2, 0.25) is 0 Å². The number of hydrogen-bond donors (Lipinski definition) is 1. The van der Waals surface area contributed by atoms with Gasteiger partial charge in [0.15, 0.2) is 5.82 Å². The molecule has 5 aromatic rings. The van der Waals surface area contributed by atoms with Gasteiger partial charge in [-0.15, -0.1) is 16.4 Å². The first-order valence-corrected chi connectivity index (χ1v) is 19.2. The summed E-state index contributed by atoms with van der Waals surface area (Å²) in [7, 11) is 0. The van der Waals surface area contributed by atoms with Gasteiger partial charge >= 0.3 is 12.0 Å². The molecule has 0 saturated carbocycles. The Morgan fingerprint density at radius 3 is 2.82 bits per heavy atom. The second kappa shape index (κ2) is 13.5. The number of carbonyl (C=O) groups excluding carboxylic acids is 1. The zero-order chi connectivity index (χ0) is 38.2. The number of halogens is 4. The lowest BCUT2D eigenvalue weighted by Gasteiger charge is -2.37. The summed E-state index contributed by atoms with van der Waals surface area (Å²) >= 11 is 7.82. The average Bonchev–Trinajstić information content (AvgIpc) is 4.00. The largest absolute Gasteiger partial charge is 0.461 e. The van der Waals surface area contributed by atoms with E-state index in [1.165, 1.54) is 24.5 Å². The quantitative estimate of drug-likeness (QED) is 0.210. The normalized spacial score (nSPS) is 25.0. The van der Waals surface area contributed by atoms with E-state index >= 15 is 8.78 Å². The molecule has 1 amide bonds. The van der Waals surface area contributed by atoms with Crippen LogP contribution < -0.4 is 15.4 Å². The number of fused-ring (bicyclic) bond motifs is 4. The lowest BCUT2D eigenvalue weighted by Crippen LogP contribution is -2.45. The molecule has 7 heterocycles. The minimum atomic E-state index is -0.985. The second-order valence-electron chi connectivity index (χ2n) is 14.8. The fraction of sp³-hybridized carbons (Fsp3) is 0.432. The molecule has 3 aromatic heterocycles. The van der Waals surface area contributed by atoms with Gasteiger partial charge in [0, 0.05) is 54.9 Å². The minimum Gasteiger partial charge on any atom is -0.461 e. The summed E-state index contributed by atoms with van der Waals surface area (Å²) in [5.74, 6) is -1.15. The summed E-state index contributed by atoms with van der Waals surface area (Å²) in [6, 6.07) is 7.47. The Hall–Kier alpha value is -5.23. The van der Waals surface area contributed by atoms with Gasteiger partial charge in [-0.3, -0.25) is 4.90 Å². The third kappa shape index (κ3) is 5.70. The Morgan fingerprint density at radius 2 is 2.04 bits per heavy atom. The van der Waals surface area contributed by atoms with E-state index < -0.39 is 29.4 Å². The van der Waals surface area contributed by atoms with Crippen LogP contribution in [0, 0.1) is 46.1 Å². The molecule has 4 aliphatic heterocycles. The molecule has 282 valence electrons. The number of carbonyl (C=O) groups is 1. The molecule has 9 rings (SSSR count). The zero-order valence-electron chi connectivity index (χ0n) is 29.3. The van der Waals surface area contributed by atoms with Crippen LogP contribution in [0.15, 0.2) is 30.6 Å². The van der Waals surface area contributed by atoms with Crippen molar-refractivity contribution >= 4 is 60.8 Å². The fourth-order valence-electron chi connectivity index (χ4n) is 9.39. The summed E-state index contributed by atoms with van der Waals surface area (Å²) in [4.78, 5) is 28.7. The Bertz CT molecular complexity index is 2450. The number of nitrogens with zero attached hydrogens (tertiary/aromatic N) is 10. The number of likely N-dealkylation sites (tertiary alicyclic amines) is 1. The maximum atomic E-state index is 17.3. The number of ether oxygens (including phenoxy) is 1. The Kier molecular flexibility index (Phi) is 8.71. The highest BCUT2D eigenvalue weighted by Gasteiger charge is 2.50. The summed E-state index contributed by atoms with van der Waals surface area (Å²) < 4.78 is 54.5. The first-order valence-electron chi connectivity index (χ1n) is 18.0. The van der Waals surface area contributed by atoms with Crippen LogP contribution in [0.4, 0.5) is 28.8 Å². The summed E-state index contributed by atoms with van der Waals surface area (Å²) in [6.07, 6.45) is 4.59. The molecule has 4 aliphatic rings. The number of amides is 1. The highest BCUT2D eigenvalue weighted by Crippen LogP contribution is 2.47. The topological polar surface area (TPSA) is 166 Å². The minimum absolute atomic E-state index is 0.0169. The predicted molar refractivity (Wildman–Crippen MR) is 198 cm³/mol. The van der Waals surface area contributed by atoms with Gasteiger partial charge in [0.25, 0.3) is 0 Å². The van der Waals surface area contributed by atoms with Crippen LogP contribution in [0.2, 0.25) is 5.02 Å². The Labute approximate surface area is 321 Å². The van der Waals surface area contributed by atoms with Crippen LogP contribution in [0.25, 0.3) is 32.1 Å². The third-order valence-corrected chi connectivity index (χ3v) is 13.2. The fourth-order valence-corrected chi connectivity index (χ4v) is 10.6. The smallest absolute Gasteiger partial charge is 0.346 e. The number of benzene rings is 2. The number of nitrogens with two attached hydrogens (primary N) is 1. The van der Waals surface area contributed by atoms with Gasteiger partial charge in [-0.05, 0) is 49.4 Å². The number of piperidine rings is 1. The van der Waals surface area contributed by atoms with Crippen molar-refractivity contribution in [3.8, 4) is 29.3 Å². The van der Waals surface area contributed by atoms with E-state index in [0.717, 1.165) is 35.4 Å². The number of nitriles is 2. The molecule has 0 aliphatic carbocycles. The van der Waals surface area contributed by atoms with E-state index in [1.807, 2.05) is 11.0 Å². The lowest BCUT2D eigenvalue weighted by molar-refractivity contribution is 0.107. The average molecular weight is 788 g/mol. The molecule has 0 radical (unpaired) electrons. The molecule has 2 aromatic carbocycles. The van der Waals surface area contributed by atoms with Crippen LogP contribution >= 0.6 is 22.9 Å². The molecule has 13 nitrogen and oxygen atoms in total. The predicted octanol–water partition coefficient (Wildman–Crippen LogP) is 6.15. The van der Waals surface area contributed by atoms with Crippen molar-refractivity contribution in [2.24, 2.45) is 11.8 Å². The maximum Gasteiger partial charge on any atom is 0.346 e. The standard InChI is InChI=1S/C37H33ClF3N11O2S/c38-25-12-22-31(30(41)29(25)21-2-3-26(40)32-28(21)23(14-43)33(44)55-32)46-35(54-18-37-6-1-9-50(37)16-20(39)13-37)47-34(22)49-10-5-19-15-51(27(4-7-42)24(19)17-49)36(53)52-11-8-45-48-52/h2-3,8,11-12,19-20,24,27H,1,4-6,9-10,13,15-18,44H2/t19?,20-,24?,27?,37+/m1/s1. The zero-order valence-corrected chi connectivity index (χ0v) is 30.8. The molecule has 18 heteroatoms. The van der Waals surface area contributed by atoms with Gasteiger partial charge in [0.05, 0.1) is 51.8 Å². The van der Waals surface area contributed by atoms with Crippen molar-refractivity contribution < 1.29 is 22.7 Å². The molecule has 3 unspecified atom stereocenters. The van der Waals surface area contributed by atoms with Crippen molar-refractivity contribution in [2.75, 3.05) is 50.0 Å². The molecule has 2 N–H and O–H groups in total. The van der Waals surface area contributed by atoms with Gasteiger partial charge < -0.3 is 20.3 Å². The van der Waals surface area contributed by atoms with Crippen LogP contribution in [0.3, 0.4) is 0 Å². The first kappa shape index (κ1) is 35.5. The summed E-state index contributed by atoms with van der Waals surface area (Å²) in [6.45, 7) is 2.48. The molecule has 4 saturated heterocycles. The summed E-state index contributed by atoms with van der Waals surface area (Å²) in [5, 5.41) is 27.9. The van der Waals surface area contributed by atoms with Crippen molar-refractivity contribution in [2.45, 2.75) is 49.9 Å². The van der Waals surface area contributed by atoms with Crippen LogP contribution in [0.5, 0.6) is 6.01 Å². The monoisotopic (exact) mass is 787 g/mol. The van der Waals surface area contributed by atoms with Crippen LogP contribution in [-0.4, -0.2) is 97.9 Å². The number of anilines is 2.